The predicted octanol–water partition coefficient (Wildman–Crippen LogP) is 1.78. The Kier molecular flexibility index (Phi) is 3.47. The first-order chi connectivity index (χ1) is 8.61. The third kappa shape index (κ3) is 2.43. The van der Waals surface area contributed by atoms with Gasteiger partial charge in [-0.15, -0.1) is 0 Å². The number of anilines is 1. The van der Waals surface area contributed by atoms with Crippen molar-refractivity contribution in [3.8, 4) is 6.07 Å². The molecule has 0 spiro atoms. The molecule has 2 N–H and O–H groups in total. The zero-order valence-corrected chi connectivity index (χ0v) is 9.90. The van der Waals surface area contributed by atoms with Crippen molar-refractivity contribution in [3.63, 3.8) is 0 Å². The lowest BCUT2D eigenvalue weighted by Crippen LogP contribution is -2.38. The number of nitrogens with zero attached hydrogens (tertiary/aromatic N) is 2. The lowest BCUT2D eigenvalue weighted by molar-refractivity contribution is 0.0707. The molecule has 1 aliphatic rings. The molecular formula is C13H14FN3O. The van der Waals surface area contributed by atoms with E-state index in [0.29, 0.717) is 31.5 Å². The molecule has 94 valence electrons. The molecule has 18 heavy (non-hydrogen) atoms. The zero-order valence-electron chi connectivity index (χ0n) is 9.90. The average Bonchev–Trinajstić information content (AvgIpc) is 2.41. The van der Waals surface area contributed by atoms with Crippen molar-refractivity contribution in [2.24, 2.45) is 5.92 Å². The van der Waals surface area contributed by atoms with Gasteiger partial charge in [-0.25, -0.2) is 4.39 Å². The lowest BCUT2D eigenvalue weighted by Gasteiger charge is -2.29. The summed E-state index contributed by atoms with van der Waals surface area (Å²) in [5.74, 6) is -0.754. The summed E-state index contributed by atoms with van der Waals surface area (Å²) in [6, 6.07) is 6.28. The van der Waals surface area contributed by atoms with E-state index in [-0.39, 0.29) is 17.5 Å². The molecule has 4 nitrogen and oxygen atoms in total. The van der Waals surface area contributed by atoms with Crippen molar-refractivity contribution in [3.05, 3.63) is 29.6 Å². The molecule has 0 aliphatic carbocycles. The number of hydrogen-bond acceptors (Lipinski definition) is 3. The Labute approximate surface area is 105 Å². The Hall–Kier alpha value is -2.09. The Morgan fingerprint density at radius 3 is 2.67 bits per heavy atom. The van der Waals surface area contributed by atoms with Gasteiger partial charge < -0.3 is 10.6 Å². The van der Waals surface area contributed by atoms with E-state index in [4.69, 9.17) is 11.0 Å². The number of nitrogen functional groups attached to an aromatic ring is 1. The van der Waals surface area contributed by atoms with Crippen LogP contribution in [-0.4, -0.2) is 23.9 Å². The first kappa shape index (κ1) is 12.4. The molecule has 1 aliphatic heterocycles. The van der Waals surface area contributed by atoms with E-state index in [1.54, 1.807) is 4.90 Å². The number of carbonyl (C=O) groups is 1. The van der Waals surface area contributed by atoms with Crippen LogP contribution >= 0.6 is 0 Å². The Morgan fingerprint density at radius 1 is 1.44 bits per heavy atom. The van der Waals surface area contributed by atoms with E-state index < -0.39 is 5.82 Å². The van der Waals surface area contributed by atoms with Gasteiger partial charge in [-0.05, 0) is 31.0 Å². The second-order valence-corrected chi connectivity index (χ2v) is 4.43. The molecule has 5 heteroatoms. The summed E-state index contributed by atoms with van der Waals surface area (Å²) in [5, 5.41) is 8.78. The van der Waals surface area contributed by atoms with E-state index in [1.807, 2.05) is 0 Å². The summed E-state index contributed by atoms with van der Waals surface area (Å²) < 4.78 is 13.3. The molecule has 0 saturated carbocycles. The maximum Gasteiger partial charge on any atom is 0.253 e. The topological polar surface area (TPSA) is 70.1 Å². The molecule has 0 radical (unpaired) electrons. The molecule has 0 aromatic heterocycles. The van der Waals surface area contributed by atoms with Crippen molar-refractivity contribution >= 4 is 11.6 Å². The fraction of sp³-hybridized carbons (Fsp3) is 0.385. The van der Waals surface area contributed by atoms with E-state index >= 15 is 0 Å². The average molecular weight is 247 g/mol. The zero-order chi connectivity index (χ0) is 13.1. The van der Waals surface area contributed by atoms with Crippen LogP contribution in [0.15, 0.2) is 18.2 Å². The van der Waals surface area contributed by atoms with Gasteiger partial charge in [0.05, 0.1) is 11.8 Å². The molecular weight excluding hydrogens is 233 g/mol. The van der Waals surface area contributed by atoms with E-state index in [9.17, 15) is 9.18 Å². The van der Waals surface area contributed by atoms with Crippen LogP contribution in [0.25, 0.3) is 0 Å². The number of halogens is 1. The second-order valence-electron chi connectivity index (χ2n) is 4.43. The van der Waals surface area contributed by atoms with Crippen molar-refractivity contribution in [2.45, 2.75) is 12.8 Å². The van der Waals surface area contributed by atoms with Gasteiger partial charge in [0.25, 0.3) is 5.91 Å². The molecule has 1 heterocycles. The molecule has 1 fully saturated rings. The predicted molar refractivity (Wildman–Crippen MR) is 65.1 cm³/mol. The van der Waals surface area contributed by atoms with Crippen LogP contribution in [0.2, 0.25) is 0 Å². The Balaban J connectivity index is 2.08. The fourth-order valence-electron chi connectivity index (χ4n) is 2.05. The van der Waals surface area contributed by atoms with Crippen molar-refractivity contribution in [1.29, 1.82) is 5.26 Å². The molecule has 1 aromatic rings. The van der Waals surface area contributed by atoms with Gasteiger partial charge in [0.15, 0.2) is 0 Å². The van der Waals surface area contributed by atoms with Crippen LogP contribution in [0, 0.1) is 23.1 Å². The Morgan fingerprint density at radius 2 is 2.11 bits per heavy atom. The standard InChI is InChI=1S/C13H14FN3O/c14-11-7-10(1-2-12(11)16)13(18)17-5-3-9(8-15)4-6-17/h1-2,7,9H,3-6,16H2. The molecule has 1 aromatic carbocycles. The highest BCUT2D eigenvalue weighted by Crippen LogP contribution is 2.19. The van der Waals surface area contributed by atoms with Crippen LogP contribution in [0.1, 0.15) is 23.2 Å². The fourth-order valence-corrected chi connectivity index (χ4v) is 2.05. The monoisotopic (exact) mass is 247 g/mol. The summed E-state index contributed by atoms with van der Waals surface area (Å²) in [5.41, 5.74) is 5.71. The molecule has 0 atom stereocenters. The number of piperidine rings is 1. The summed E-state index contributed by atoms with van der Waals surface area (Å²) >= 11 is 0. The SMILES string of the molecule is N#CC1CCN(C(=O)c2ccc(N)c(F)c2)CC1. The maximum atomic E-state index is 13.3. The van der Waals surface area contributed by atoms with Gasteiger partial charge >= 0.3 is 0 Å². The quantitative estimate of drug-likeness (QED) is 0.769. The molecule has 2 rings (SSSR count). The minimum absolute atomic E-state index is 0.0252. The third-order valence-corrected chi connectivity index (χ3v) is 3.21. The van der Waals surface area contributed by atoms with E-state index in [2.05, 4.69) is 6.07 Å². The number of nitriles is 1. The van der Waals surface area contributed by atoms with Crippen molar-refractivity contribution in [1.82, 2.24) is 4.90 Å². The van der Waals surface area contributed by atoms with Crippen LogP contribution < -0.4 is 5.73 Å². The highest BCUT2D eigenvalue weighted by Gasteiger charge is 2.23. The van der Waals surface area contributed by atoms with E-state index in [1.165, 1.54) is 12.1 Å². The first-order valence-corrected chi connectivity index (χ1v) is 5.85. The number of likely N-dealkylation sites (tertiary alicyclic amines) is 1. The Bertz CT molecular complexity index is 501. The summed E-state index contributed by atoms with van der Waals surface area (Å²) in [6.07, 6.45) is 1.36. The van der Waals surface area contributed by atoms with Gasteiger partial charge in [-0.1, -0.05) is 0 Å². The third-order valence-electron chi connectivity index (χ3n) is 3.21. The molecule has 0 unspecified atom stereocenters. The number of carbonyl (C=O) groups excluding carboxylic acids is 1. The van der Waals surface area contributed by atoms with Gasteiger partial charge in [0, 0.05) is 24.6 Å². The second kappa shape index (κ2) is 5.05. The number of hydrogen-bond donors (Lipinski definition) is 1. The van der Waals surface area contributed by atoms with Gasteiger partial charge in [-0.2, -0.15) is 5.26 Å². The summed E-state index contributed by atoms with van der Waals surface area (Å²) in [7, 11) is 0. The van der Waals surface area contributed by atoms with Crippen LogP contribution in [-0.2, 0) is 0 Å². The van der Waals surface area contributed by atoms with Crippen molar-refractivity contribution < 1.29 is 9.18 Å². The van der Waals surface area contributed by atoms with Crippen molar-refractivity contribution in [2.75, 3.05) is 18.8 Å². The van der Waals surface area contributed by atoms with Gasteiger partial charge in [0.2, 0.25) is 0 Å². The summed E-state index contributed by atoms with van der Waals surface area (Å²) in [6.45, 7) is 1.09. The number of nitrogens with two attached hydrogens (primary N) is 1. The smallest absolute Gasteiger partial charge is 0.253 e. The van der Waals surface area contributed by atoms with Crippen LogP contribution in [0.4, 0.5) is 10.1 Å². The van der Waals surface area contributed by atoms with Crippen LogP contribution in [0.3, 0.4) is 0 Å². The number of amides is 1. The number of benzene rings is 1. The van der Waals surface area contributed by atoms with Crippen LogP contribution in [0.5, 0.6) is 0 Å². The minimum Gasteiger partial charge on any atom is -0.396 e. The van der Waals surface area contributed by atoms with Gasteiger partial charge in [-0.3, -0.25) is 4.79 Å². The summed E-state index contributed by atoms with van der Waals surface area (Å²) in [4.78, 5) is 13.7. The highest BCUT2D eigenvalue weighted by atomic mass is 19.1. The maximum absolute atomic E-state index is 13.3. The van der Waals surface area contributed by atoms with E-state index in [0.717, 1.165) is 6.07 Å². The molecule has 0 bridgehead atoms. The number of rotatable bonds is 1. The molecule has 1 saturated heterocycles. The minimum atomic E-state index is -0.576. The normalized spacial score (nSPS) is 16.3. The molecule has 1 amide bonds. The lowest BCUT2D eigenvalue weighted by atomic mass is 9.98. The largest absolute Gasteiger partial charge is 0.396 e. The van der Waals surface area contributed by atoms with Gasteiger partial charge in [0.1, 0.15) is 5.82 Å². The highest BCUT2D eigenvalue weighted by molar-refractivity contribution is 5.94. The first-order valence-electron chi connectivity index (χ1n) is 5.85.